The van der Waals surface area contributed by atoms with Crippen LogP contribution in [0.3, 0.4) is 0 Å². The summed E-state index contributed by atoms with van der Waals surface area (Å²) in [7, 11) is 0. The Kier molecular flexibility index (Phi) is 6.63. The highest BCUT2D eigenvalue weighted by Gasteiger charge is 2.23. The van der Waals surface area contributed by atoms with Gasteiger partial charge in [0.05, 0.1) is 5.92 Å². The summed E-state index contributed by atoms with van der Waals surface area (Å²) < 4.78 is 5.63. The zero-order valence-corrected chi connectivity index (χ0v) is 16.5. The number of benzene rings is 3. The molecule has 0 saturated heterocycles. The van der Waals surface area contributed by atoms with Crippen LogP contribution in [0.1, 0.15) is 28.2 Å². The number of hydrazine groups is 1. The summed E-state index contributed by atoms with van der Waals surface area (Å²) in [6.45, 7) is 3.66. The van der Waals surface area contributed by atoms with Gasteiger partial charge in [-0.05, 0) is 36.1 Å². The first-order chi connectivity index (χ1) is 14.1. The van der Waals surface area contributed by atoms with E-state index in [9.17, 15) is 9.59 Å². The van der Waals surface area contributed by atoms with Gasteiger partial charge in [0.2, 0.25) is 5.91 Å². The lowest BCUT2D eigenvalue weighted by Crippen LogP contribution is -2.46. The second kappa shape index (κ2) is 9.55. The lowest BCUT2D eigenvalue weighted by atomic mass is 9.91. The Morgan fingerprint density at radius 2 is 1.28 bits per heavy atom. The second-order valence-corrected chi connectivity index (χ2v) is 6.80. The minimum Gasteiger partial charge on any atom is -0.483 e. The summed E-state index contributed by atoms with van der Waals surface area (Å²) in [4.78, 5) is 25.1. The standard InChI is InChI=1S/C24H24N2O3/c1-17-10-9-11-18(2)23(17)29-16-21(27)25-26-24(28)22(19-12-5-3-6-13-19)20-14-7-4-8-15-20/h3-15,22H,16H2,1-2H3,(H,25,27)(H,26,28). The van der Waals surface area contributed by atoms with Crippen LogP contribution in [-0.4, -0.2) is 18.4 Å². The summed E-state index contributed by atoms with van der Waals surface area (Å²) >= 11 is 0. The summed E-state index contributed by atoms with van der Waals surface area (Å²) in [6.07, 6.45) is 0. The number of amides is 2. The quantitative estimate of drug-likeness (QED) is 0.633. The molecule has 0 fully saturated rings. The Morgan fingerprint density at radius 3 is 1.79 bits per heavy atom. The number of nitrogens with one attached hydrogen (secondary N) is 2. The third-order valence-corrected chi connectivity index (χ3v) is 4.61. The predicted octanol–water partition coefficient (Wildman–Crippen LogP) is 3.66. The molecule has 148 valence electrons. The lowest BCUT2D eigenvalue weighted by molar-refractivity contribution is -0.130. The zero-order chi connectivity index (χ0) is 20.6. The molecule has 0 saturated carbocycles. The second-order valence-electron chi connectivity index (χ2n) is 6.80. The van der Waals surface area contributed by atoms with E-state index in [1.165, 1.54) is 0 Å². The highest BCUT2D eigenvalue weighted by Crippen LogP contribution is 2.24. The summed E-state index contributed by atoms with van der Waals surface area (Å²) in [5.74, 6) is -0.596. The molecule has 0 aliphatic heterocycles. The van der Waals surface area contributed by atoms with E-state index in [0.717, 1.165) is 22.3 Å². The lowest BCUT2D eigenvalue weighted by Gasteiger charge is -2.18. The van der Waals surface area contributed by atoms with Crippen molar-refractivity contribution in [3.05, 3.63) is 101 Å². The Labute approximate surface area is 170 Å². The fourth-order valence-electron chi connectivity index (χ4n) is 3.19. The molecule has 0 atom stereocenters. The number of aryl methyl sites for hydroxylation is 2. The van der Waals surface area contributed by atoms with E-state index in [-0.39, 0.29) is 12.5 Å². The van der Waals surface area contributed by atoms with E-state index in [1.807, 2.05) is 92.7 Å². The van der Waals surface area contributed by atoms with Crippen LogP contribution in [-0.2, 0) is 9.59 Å². The molecule has 0 radical (unpaired) electrons. The number of hydrogen-bond acceptors (Lipinski definition) is 3. The molecular formula is C24H24N2O3. The molecule has 0 bridgehead atoms. The Balaban J connectivity index is 1.63. The van der Waals surface area contributed by atoms with Crippen molar-refractivity contribution in [3.63, 3.8) is 0 Å². The zero-order valence-electron chi connectivity index (χ0n) is 16.5. The van der Waals surface area contributed by atoms with E-state index >= 15 is 0 Å². The first kappa shape index (κ1) is 20.1. The number of hydrogen-bond donors (Lipinski definition) is 2. The van der Waals surface area contributed by atoms with Crippen molar-refractivity contribution < 1.29 is 14.3 Å². The van der Waals surface area contributed by atoms with Gasteiger partial charge in [-0.3, -0.25) is 20.4 Å². The number of carbonyl (C=O) groups is 2. The predicted molar refractivity (Wildman–Crippen MR) is 112 cm³/mol. The first-order valence-corrected chi connectivity index (χ1v) is 9.44. The fourth-order valence-corrected chi connectivity index (χ4v) is 3.19. The SMILES string of the molecule is Cc1cccc(C)c1OCC(=O)NNC(=O)C(c1ccccc1)c1ccccc1. The molecule has 3 aromatic carbocycles. The third-order valence-electron chi connectivity index (χ3n) is 4.61. The highest BCUT2D eigenvalue weighted by atomic mass is 16.5. The monoisotopic (exact) mass is 388 g/mol. The number of para-hydroxylation sites is 1. The van der Waals surface area contributed by atoms with Crippen molar-refractivity contribution in [2.45, 2.75) is 19.8 Å². The van der Waals surface area contributed by atoms with Crippen LogP contribution < -0.4 is 15.6 Å². The van der Waals surface area contributed by atoms with Crippen molar-refractivity contribution in [3.8, 4) is 5.75 Å². The molecule has 3 aromatic rings. The van der Waals surface area contributed by atoms with E-state index in [4.69, 9.17) is 4.74 Å². The van der Waals surface area contributed by atoms with Gasteiger partial charge in [-0.25, -0.2) is 0 Å². The van der Waals surface area contributed by atoms with Crippen LogP contribution in [0, 0.1) is 13.8 Å². The largest absolute Gasteiger partial charge is 0.483 e. The van der Waals surface area contributed by atoms with Crippen molar-refractivity contribution in [2.24, 2.45) is 0 Å². The van der Waals surface area contributed by atoms with E-state index < -0.39 is 11.8 Å². The molecule has 3 rings (SSSR count). The number of rotatable bonds is 6. The molecule has 0 spiro atoms. The highest BCUT2D eigenvalue weighted by molar-refractivity contribution is 5.89. The smallest absolute Gasteiger partial charge is 0.276 e. The minimum atomic E-state index is -0.530. The molecule has 0 aliphatic rings. The van der Waals surface area contributed by atoms with Crippen LogP contribution in [0.15, 0.2) is 78.9 Å². The summed E-state index contributed by atoms with van der Waals surface area (Å²) in [5, 5.41) is 0. The average molecular weight is 388 g/mol. The summed E-state index contributed by atoms with van der Waals surface area (Å²) in [6, 6.07) is 24.7. The van der Waals surface area contributed by atoms with Crippen LogP contribution >= 0.6 is 0 Å². The number of ether oxygens (including phenoxy) is 1. The topological polar surface area (TPSA) is 67.4 Å². The van der Waals surface area contributed by atoms with Gasteiger partial charge >= 0.3 is 0 Å². The van der Waals surface area contributed by atoms with Crippen molar-refractivity contribution in [2.75, 3.05) is 6.61 Å². The molecule has 29 heavy (non-hydrogen) atoms. The van der Waals surface area contributed by atoms with Gasteiger partial charge in [0.15, 0.2) is 6.61 Å². The minimum absolute atomic E-state index is 0.187. The molecule has 0 unspecified atom stereocenters. The van der Waals surface area contributed by atoms with Gasteiger partial charge in [-0.15, -0.1) is 0 Å². The Morgan fingerprint density at radius 1 is 0.759 bits per heavy atom. The molecule has 0 heterocycles. The maximum absolute atomic E-state index is 12.9. The van der Waals surface area contributed by atoms with Gasteiger partial charge < -0.3 is 4.74 Å². The molecule has 2 amide bonds. The van der Waals surface area contributed by atoms with Crippen molar-refractivity contribution in [1.82, 2.24) is 10.9 Å². The van der Waals surface area contributed by atoms with Crippen molar-refractivity contribution >= 4 is 11.8 Å². The van der Waals surface area contributed by atoms with Crippen LogP contribution in [0.5, 0.6) is 5.75 Å². The molecule has 0 aliphatic carbocycles. The van der Waals surface area contributed by atoms with Crippen LogP contribution in [0.4, 0.5) is 0 Å². The fraction of sp³-hybridized carbons (Fsp3) is 0.167. The van der Waals surface area contributed by atoms with Gasteiger partial charge in [-0.2, -0.15) is 0 Å². The number of carbonyl (C=O) groups excluding carboxylic acids is 2. The molecule has 2 N–H and O–H groups in total. The van der Waals surface area contributed by atoms with Gasteiger partial charge in [-0.1, -0.05) is 78.9 Å². The maximum Gasteiger partial charge on any atom is 0.276 e. The average Bonchev–Trinajstić information content (AvgIpc) is 2.74. The first-order valence-electron chi connectivity index (χ1n) is 9.44. The van der Waals surface area contributed by atoms with Gasteiger partial charge in [0.25, 0.3) is 5.91 Å². The van der Waals surface area contributed by atoms with Gasteiger partial charge in [0.1, 0.15) is 5.75 Å². The molecule has 0 aromatic heterocycles. The summed E-state index contributed by atoms with van der Waals surface area (Å²) in [5.41, 5.74) is 8.57. The maximum atomic E-state index is 12.9. The van der Waals surface area contributed by atoms with E-state index in [0.29, 0.717) is 5.75 Å². The van der Waals surface area contributed by atoms with E-state index in [1.54, 1.807) is 0 Å². The third kappa shape index (κ3) is 5.23. The van der Waals surface area contributed by atoms with E-state index in [2.05, 4.69) is 10.9 Å². The van der Waals surface area contributed by atoms with Gasteiger partial charge in [0, 0.05) is 0 Å². The van der Waals surface area contributed by atoms with Crippen molar-refractivity contribution in [1.29, 1.82) is 0 Å². The molecular weight excluding hydrogens is 364 g/mol. The van der Waals surface area contributed by atoms with Crippen LogP contribution in [0.25, 0.3) is 0 Å². The normalized spacial score (nSPS) is 10.4. The molecule has 5 nitrogen and oxygen atoms in total. The van der Waals surface area contributed by atoms with Crippen LogP contribution in [0.2, 0.25) is 0 Å². The Hall–Kier alpha value is -3.60. The Bertz CT molecular complexity index is 912. The molecule has 5 heteroatoms.